The van der Waals surface area contributed by atoms with Crippen LogP contribution < -0.4 is 10.5 Å². The molecule has 1 aromatic rings. The van der Waals surface area contributed by atoms with Gasteiger partial charge in [-0.05, 0) is 6.07 Å². The molecule has 1 heterocycles. The number of carbonyl (C=O) groups excluding carboxylic acids is 1. The molecule has 0 saturated carbocycles. The summed E-state index contributed by atoms with van der Waals surface area (Å²) in [5, 5.41) is 39.4. The van der Waals surface area contributed by atoms with E-state index in [-0.39, 0.29) is 29.8 Å². The van der Waals surface area contributed by atoms with Crippen LogP contribution in [0.4, 0.5) is 5.69 Å². The zero-order valence-corrected chi connectivity index (χ0v) is 12.6. The summed E-state index contributed by atoms with van der Waals surface area (Å²) in [6, 6.07) is 3.65. The fraction of sp³-hybridized carbons (Fsp3) is 0.500. The summed E-state index contributed by atoms with van der Waals surface area (Å²) < 4.78 is 10.9. The number of rotatable bonds is 6. The normalized spacial score (nSPS) is 26.8. The van der Waals surface area contributed by atoms with Crippen molar-refractivity contribution < 1.29 is 34.5 Å². The molecule has 5 N–H and O–H groups in total. The average Bonchev–Trinajstić information content (AvgIpc) is 2.51. The smallest absolute Gasteiger partial charge is 0.269 e. The Morgan fingerprint density at radius 2 is 2.17 bits per heavy atom. The monoisotopic (exact) mass is 342 g/mol. The van der Waals surface area contributed by atoms with Crippen LogP contribution in [0.25, 0.3) is 0 Å². The number of primary amides is 1. The number of nitro benzene ring substituents is 1. The predicted octanol–water partition coefficient (Wildman–Crippen LogP) is -1.17. The van der Waals surface area contributed by atoms with Crippen LogP contribution in [0.3, 0.4) is 0 Å². The van der Waals surface area contributed by atoms with Crippen LogP contribution in [0.2, 0.25) is 0 Å². The highest BCUT2D eigenvalue weighted by atomic mass is 16.7. The quantitative estimate of drug-likeness (QED) is 0.371. The van der Waals surface area contributed by atoms with Crippen molar-refractivity contribution in [2.45, 2.75) is 37.4 Å². The number of non-ortho nitro benzene ring substituents is 1. The molecule has 0 bridgehead atoms. The van der Waals surface area contributed by atoms with Crippen LogP contribution in [0, 0.1) is 10.1 Å². The van der Waals surface area contributed by atoms with Gasteiger partial charge in [0.1, 0.15) is 18.0 Å². The maximum Gasteiger partial charge on any atom is 0.269 e. The van der Waals surface area contributed by atoms with Gasteiger partial charge in [-0.1, -0.05) is 0 Å². The highest BCUT2D eigenvalue weighted by Crippen LogP contribution is 2.29. The third-order valence-electron chi connectivity index (χ3n) is 3.59. The Kier molecular flexibility index (Phi) is 5.67. The maximum atomic E-state index is 11.1. The average molecular weight is 342 g/mol. The van der Waals surface area contributed by atoms with E-state index in [2.05, 4.69) is 0 Å². The van der Waals surface area contributed by atoms with Crippen molar-refractivity contribution in [1.82, 2.24) is 0 Å². The molecule has 24 heavy (non-hydrogen) atoms. The highest BCUT2D eigenvalue weighted by Gasteiger charge is 2.37. The van der Waals surface area contributed by atoms with Crippen LogP contribution in [-0.4, -0.2) is 57.4 Å². The molecule has 1 aromatic carbocycles. The molecule has 1 aliphatic heterocycles. The largest absolute Gasteiger partial charge is 0.465 e. The van der Waals surface area contributed by atoms with Crippen molar-refractivity contribution in [3.63, 3.8) is 0 Å². The summed E-state index contributed by atoms with van der Waals surface area (Å²) in [5.74, 6) is -0.571. The molecule has 0 aromatic heterocycles. The Hall–Kier alpha value is -2.27. The minimum atomic E-state index is -1.25. The SMILES string of the molecule is NC(=O)Cc1cc([N+](=O)[O-])ccc1O[C@H]1C[C@@H](O)[C@H](O)[C@@H](CO)O1. The van der Waals surface area contributed by atoms with E-state index in [0.29, 0.717) is 0 Å². The molecule has 10 heteroatoms. The number of carbonyl (C=O) groups is 1. The van der Waals surface area contributed by atoms with Crippen molar-refractivity contribution in [3.05, 3.63) is 33.9 Å². The van der Waals surface area contributed by atoms with Gasteiger partial charge in [0.05, 0.1) is 24.1 Å². The molecule has 1 amide bonds. The molecule has 4 atom stereocenters. The molecule has 0 spiro atoms. The first-order chi connectivity index (χ1) is 11.3. The van der Waals surface area contributed by atoms with Crippen LogP contribution in [0.15, 0.2) is 18.2 Å². The van der Waals surface area contributed by atoms with Crippen LogP contribution in [0.5, 0.6) is 5.75 Å². The van der Waals surface area contributed by atoms with E-state index in [4.69, 9.17) is 20.3 Å². The molecule has 0 unspecified atom stereocenters. The number of aliphatic hydroxyl groups excluding tert-OH is 3. The molecule has 0 aliphatic carbocycles. The lowest BCUT2D eigenvalue weighted by atomic mass is 10.0. The van der Waals surface area contributed by atoms with Crippen molar-refractivity contribution in [2.24, 2.45) is 5.73 Å². The van der Waals surface area contributed by atoms with Gasteiger partial charge < -0.3 is 30.5 Å². The lowest BCUT2D eigenvalue weighted by molar-refractivity contribution is -0.384. The zero-order valence-electron chi connectivity index (χ0n) is 12.6. The van der Waals surface area contributed by atoms with Gasteiger partial charge in [0, 0.05) is 24.1 Å². The summed E-state index contributed by atoms with van der Waals surface area (Å²) in [6.07, 6.45) is -4.82. The van der Waals surface area contributed by atoms with Crippen molar-refractivity contribution >= 4 is 11.6 Å². The number of aliphatic hydroxyl groups is 3. The molecule has 2 rings (SSSR count). The van der Waals surface area contributed by atoms with Crippen molar-refractivity contribution in [3.8, 4) is 5.75 Å². The van der Waals surface area contributed by atoms with Gasteiger partial charge in [-0.25, -0.2) is 0 Å². The van der Waals surface area contributed by atoms with Gasteiger partial charge in [0.15, 0.2) is 0 Å². The summed E-state index contributed by atoms with van der Waals surface area (Å²) in [6.45, 7) is -0.521. The van der Waals surface area contributed by atoms with Gasteiger partial charge in [-0.3, -0.25) is 14.9 Å². The highest BCUT2D eigenvalue weighted by molar-refractivity contribution is 5.77. The molecular formula is C14H18N2O8. The van der Waals surface area contributed by atoms with Gasteiger partial charge in [0.2, 0.25) is 12.2 Å². The number of benzene rings is 1. The summed E-state index contributed by atoms with van der Waals surface area (Å²) in [4.78, 5) is 21.4. The van der Waals surface area contributed by atoms with Crippen LogP contribution in [-0.2, 0) is 16.0 Å². The van der Waals surface area contributed by atoms with E-state index in [1.807, 2.05) is 0 Å². The molecule has 10 nitrogen and oxygen atoms in total. The predicted molar refractivity (Wildman–Crippen MR) is 79.0 cm³/mol. The van der Waals surface area contributed by atoms with E-state index in [1.54, 1.807) is 0 Å². The van der Waals surface area contributed by atoms with E-state index in [0.717, 1.165) is 6.07 Å². The molecule has 1 fully saturated rings. The number of nitrogens with two attached hydrogens (primary N) is 1. The second kappa shape index (κ2) is 7.53. The van der Waals surface area contributed by atoms with Crippen molar-refractivity contribution in [1.29, 1.82) is 0 Å². The fourth-order valence-electron chi connectivity index (χ4n) is 2.40. The van der Waals surface area contributed by atoms with E-state index in [1.165, 1.54) is 12.1 Å². The first kappa shape index (κ1) is 18.1. The second-order valence-corrected chi connectivity index (χ2v) is 5.39. The number of hydrogen-bond donors (Lipinski definition) is 4. The number of amides is 1. The molecule has 1 aliphatic rings. The first-order valence-electron chi connectivity index (χ1n) is 7.16. The molecular weight excluding hydrogens is 324 g/mol. The fourth-order valence-corrected chi connectivity index (χ4v) is 2.40. The lowest BCUT2D eigenvalue weighted by Crippen LogP contribution is -2.51. The van der Waals surface area contributed by atoms with Gasteiger partial charge in [0.25, 0.3) is 5.69 Å². The molecule has 132 valence electrons. The summed E-state index contributed by atoms with van der Waals surface area (Å²) in [5.41, 5.74) is 5.10. The Balaban J connectivity index is 2.21. The third kappa shape index (κ3) is 4.17. The topological polar surface area (TPSA) is 165 Å². The first-order valence-corrected chi connectivity index (χ1v) is 7.16. The Morgan fingerprint density at radius 3 is 2.75 bits per heavy atom. The minimum absolute atomic E-state index is 0.0787. The Morgan fingerprint density at radius 1 is 1.46 bits per heavy atom. The van der Waals surface area contributed by atoms with Crippen molar-refractivity contribution in [2.75, 3.05) is 6.61 Å². The van der Waals surface area contributed by atoms with Gasteiger partial charge >= 0.3 is 0 Å². The maximum absolute atomic E-state index is 11.1. The van der Waals surface area contributed by atoms with Gasteiger partial charge in [-0.15, -0.1) is 0 Å². The van der Waals surface area contributed by atoms with Gasteiger partial charge in [-0.2, -0.15) is 0 Å². The van der Waals surface area contributed by atoms with E-state index in [9.17, 15) is 25.1 Å². The van der Waals surface area contributed by atoms with E-state index < -0.39 is 42.0 Å². The summed E-state index contributed by atoms with van der Waals surface area (Å²) >= 11 is 0. The number of ether oxygens (including phenoxy) is 2. The Labute approximate surface area is 136 Å². The van der Waals surface area contributed by atoms with Crippen LogP contribution in [0.1, 0.15) is 12.0 Å². The molecule has 1 saturated heterocycles. The standard InChI is InChI=1S/C14H18N2O8/c15-12(19)4-7-3-8(16(21)22)1-2-10(7)23-13-5-9(18)14(20)11(6-17)24-13/h1-3,9,11,13-14,17-18,20H,4-6H2,(H2,15,19)/t9-,11-,13-,14+/m1/s1. The number of nitro groups is 1. The van der Waals surface area contributed by atoms with E-state index >= 15 is 0 Å². The Bertz CT molecular complexity index is 623. The number of nitrogens with zero attached hydrogens (tertiary/aromatic N) is 1. The lowest BCUT2D eigenvalue weighted by Gasteiger charge is -2.36. The molecule has 0 radical (unpaired) electrons. The van der Waals surface area contributed by atoms with Crippen LogP contribution >= 0.6 is 0 Å². The summed E-state index contributed by atoms with van der Waals surface area (Å²) in [7, 11) is 0. The third-order valence-corrected chi connectivity index (χ3v) is 3.59. The number of hydrogen-bond acceptors (Lipinski definition) is 8. The minimum Gasteiger partial charge on any atom is -0.465 e. The second-order valence-electron chi connectivity index (χ2n) is 5.39. The zero-order chi connectivity index (χ0) is 17.9.